The second-order valence-electron chi connectivity index (χ2n) is 5.47. The first-order valence-electron chi connectivity index (χ1n) is 6.28. The van der Waals surface area contributed by atoms with Crippen LogP contribution in [0, 0.1) is 0 Å². The summed E-state index contributed by atoms with van der Waals surface area (Å²) in [7, 11) is 1.94. The largest absolute Gasteiger partial charge is 0.444 e. The van der Waals surface area contributed by atoms with Crippen molar-refractivity contribution >= 4 is 6.09 Å². The maximum absolute atomic E-state index is 11.9. The third kappa shape index (κ3) is 5.37. The minimum absolute atomic E-state index is 0.201. The molecule has 1 fully saturated rings. The number of hydrogen-bond acceptors (Lipinski definition) is 4. The smallest absolute Gasteiger partial charge is 0.410 e. The highest BCUT2D eigenvalue weighted by Gasteiger charge is 2.26. The second-order valence-corrected chi connectivity index (χ2v) is 5.47. The van der Waals surface area contributed by atoms with Gasteiger partial charge in [0.15, 0.2) is 0 Å². The van der Waals surface area contributed by atoms with Crippen molar-refractivity contribution < 1.29 is 9.53 Å². The van der Waals surface area contributed by atoms with Gasteiger partial charge in [-0.3, -0.25) is 0 Å². The number of carbonyl (C=O) groups is 1. The Bertz CT molecular complexity index is 251. The van der Waals surface area contributed by atoms with Crippen LogP contribution in [0.5, 0.6) is 0 Å². The fourth-order valence-corrected chi connectivity index (χ4v) is 1.83. The van der Waals surface area contributed by atoms with Gasteiger partial charge in [0.05, 0.1) is 0 Å². The van der Waals surface area contributed by atoms with Gasteiger partial charge in [-0.25, -0.2) is 4.79 Å². The lowest BCUT2D eigenvalue weighted by molar-refractivity contribution is 0.0193. The molecule has 0 aromatic carbocycles. The van der Waals surface area contributed by atoms with Gasteiger partial charge in [0.1, 0.15) is 5.60 Å². The molecule has 1 aliphatic rings. The Hall–Kier alpha value is -0.810. The molecule has 1 atom stereocenters. The Morgan fingerprint density at radius 1 is 1.53 bits per heavy atom. The number of piperazine rings is 1. The molecule has 0 bridgehead atoms. The lowest BCUT2D eigenvalue weighted by Crippen LogP contribution is -2.54. The molecule has 5 nitrogen and oxygen atoms in total. The zero-order chi connectivity index (χ0) is 12.9. The van der Waals surface area contributed by atoms with E-state index in [1.165, 1.54) is 0 Å². The van der Waals surface area contributed by atoms with Gasteiger partial charge in [-0.15, -0.1) is 0 Å². The van der Waals surface area contributed by atoms with E-state index in [4.69, 9.17) is 4.74 Å². The van der Waals surface area contributed by atoms with Crippen molar-refractivity contribution in [3.8, 4) is 0 Å². The summed E-state index contributed by atoms with van der Waals surface area (Å²) in [5, 5.41) is 6.53. The summed E-state index contributed by atoms with van der Waals surface area (Å²) in [4.78, 5) is 13.7. The minimum atomic E-state index is -0.414. The SMILES string of the molecule is CNCCC1CN(C(=O)OC(C)(C)C)CCN1. The Labute approximate surface area is 104 Å². The van der Waals surface area contributed by atoms with Crippen molar-refractivity contribution in [1.82, 2.24) is 15.5 Å². The maximum Gasteiger partial charge on any atom is 0.410 e. The van der Waals surface area contributed by atoms with Crippen molar-refractivity contribution in [3.63, 3.8) is 0 Å². The predicted octanol–water partition coefficient (Wildman–Crippen LogP) is 0.805. The van der Waals surface area contributed by atoms with Gasteiger partial charge in [-0.05, 0) is 40.8 Å². The van der Waals surface area contributed by atoms with Gasteiger partial charge in [0.2, 0.25) is 0 Å². The summed E-state index contributed by atoms with van der Waals surface area (Å²) in [6.45, 7) is 8.94. The lowest BCUT2D eigenvalue weighted by Gasteiger charge is -2.34. The third-order valence-electron chi connectivity index (χ3n) is 2.65. The fourth-order valence-electron chi connectivity index (χ4n) is 1.83. The highest BCUT2D eigenvalue weighted by molar-refractivity contribution is 5.68. The predicted molar refractivity (Wildman–Crippen MR) is 68.1 cm³/mol. The molecule has 0 radical (unpaired) electrons. The average Bonchev–Trinajstić information content (AvgIpc) is 2.24. The monoisotopic (exact) mass is 243 g/mol. The molecule has 1 heterocycles. The molecule has 17 heavy (non-hydrogen) atoms. The van der Waals surface area contributed by atoms with Gasteiger partial charge in [-0.1, -0.05) is 0 Å². The van der Waals surface area contributed by atoms with E-state index >= 15 is 0 Å². The Morgan fingerprint density at radius 2 is 2.24 bits per heavy atom. The van der Waals surface area contributed by atoms with E-state index in [9.17, 15) is 4.79 Å². The standard InChI is InChI=1S/C12H25N3O2/c1-12(2,3)17-11(16)15-8-7-14-10(9-15)5-6-13-4/h10,13-14H,5-9H2,1-4H3. The molecule has 5 heteroatoms. The van der Waals surface area contributed by atoms with Crippen LogP contribution in [0.2, 0.25) is 0 Å². The van der Waals surface area contributed by atoms with Crippen LogP contribution >= 0.6 is 0 Å². The number of nitrogens with zero attached hydrogens (tertiary/aromatic N) is 1. The zero-order valence-electron chi connectivity index (χ0n) is 11.4. The second kappa shape index (κ2) is 6.21. The molecule has 0 aromatic rings. The van der Waals surface area contributed by atoms with Gasteiger partial charge in [-0.2, -0.15) is 0 Å². The first-order valence-corrected chi connectivity index (χ1v) is 6.28. The lowest BCUT2D eigenvalue weighted by atomic mass is 10.1. The van der Waals surface area contributed by atoms with E-state index < -0.39 is 5.60 Å². The molecule has 1 aliphatic heterocycles. The molecule has 0 spiro atoms. The molecule has 1 unspecified atom stereocenters. The summed E-state index contributed by atoms with van der Waals surface area (Å²) in [5.41, 5.74) is -0.414. The first kappa shape index (κ1) is 14.3. The number of ether oxygens (including phenoxy) is 1. The molecule has 2 N–H and O–H groups in total. The number of carbonyl (C=O) groups excluding carboxylic acids is 1. The number of nitrogens with one attached hydrogen (secondary N) is 2. The Balaban J connectivity index is 2.40. The van der Waals surface area contributed by atoms with Gasteiger partial charge < -0.3 is 20.3 Å². The van der Waals surface area contributed by atoms with Gasteiger partial charge >= 0.3 is 6.09 Å². The minimum Gasteiger partial charge on any atom is -0.444 e. The van der Waals surface area contributed by atoms with Crippen molar-refractivity contribution in [2.24, 2.45) is 0 Å². The first-order chi connectivity index (χ1) is 7.92. The number of amides is 1. The van der Waals surface area contributed by atoms with E-state index in [-0.39, 0.29) is 6.09 Å². The molecule has 1 rings (SSSR count). The molecule has 0 saturated carbocycles. The molecule has 0 aromatic heterocycles. The molecule has 0 aliphatic carbocycles. The zero-order valence-corrected chi connectivity index (χ0v) is 11.4. The van der Waals surface area contributed by atoms with Crippen LogP contribution in [-0.4, -0.2) is 55.9 Å². The number of rotatable bonds is 3. The summed E-state index contributed by atoms with van der Waals surface area (Å²) in [6, 6.07) is 0.365. The van der Waals surface area contributed by atoms with Crippen LogP contribution < -0.4 is 10.6 Å². The maximum atomic E-state index is 11.9. The van der Waals surface area contributed by atoms with E-state index in [1.807, 2.05) is 27.8 Å². The van der Waals surface area contributed by atoms with Crippen LogP contribution in [-0.2, 0) is 4.74 Å². The average molecular weight is 243 g/mol. The van der Waals surface area contributed by atoms with E-state index in [2.05, 4.69) is 10.6 Å². The van der Waals surface area contributed by atoms with Crippen molar-refractivity contribution in [2.45, 2.75) is 38.8 Å². The van der Waals surface area contributed by atoms with Crippen molar-refractivity contribution in [1.29, 1.82) is 0 Å². The fraction of sp³-hybridized carbons (Fsp3) is 0.917. The highest BCUT2D eigenvalue weighted by atomic mass is 16.6. The quantitative estimate of drug-likeness (QED) is 0.770. The summed E-state index contributed by atoms with van der Waals surface area (Å²) < 4.78 is 5.37. The van der Waals surface area contributed by atoms with Crippen LogP contribution in [0.3, 0.4) is 0 Å². The summed E-state index contributed by atoms with van der Waals surface area (Å²) >= 11 is 0. The van der Waals surface area contributed by atoms with E-state index in [0.717, 1.165) is 32.6 Å². The molecule has 1 saturated heterocycles. The van der Waals surface area contributed by atoms with Crippen LogP contribution in [0.15, 0.2) is 0 Å². The van der Waals surface area contributed by atoms with Crippen LogP contribution in [0.1, 0.15) is 27.2 Å². The summed E-state index contributed by atoms with van der Waals surface area (Å²) in [6.07, 6.45) is 0.823. The highest BCUT2D eigenvalue weighted by Crippen LogP contribution is 2.12. The Kier molecular flexibility index (Phi) is 5.21. The van der Waals surface area contributed by atoms with Gasteiger partial charge in [0.25, 0.3) is 0 Å². The third-order valence-corrected chi connectivity index (χ3v) is 2.65. The Morgan fingerprint density at radius 3 is 2.82 bits per heavy atom. The van der Waals surface area contributed by atoms with Crippen LogP contribution in [0.25, 0.3) is 0 Å². The van der Waals surface area contributed by atoms with Crippen molar-refractivity contribution in [3.05, 3.63) is 0 Å². The van der Waals surface area contributed by atoms with E-state index in [1.54, 1.807) is 4.90 Å². The van der Waals surface area contributed by atoms with Crippen molar-refractivity contribution in [2.75, 3.05) is 33.2 Å². The topological polar surface area (TPSA) is 53.6 Å². The molecule has 100 valence electrons. The molecular weight excluding hydrogens is 218 g/mol. The molecular formula is C12H25N3O2. The van der Waals surface area contributed by atoms with E-state index in [0.29, 0.717) is 6.04 Å². The van der Waals surface area contributed by atoms with Gasteiger partial charge in [0, 0.05) is 25.7 Å². The normalized spacial score (nSPS) is 21.4. The summed E-state index contributed by atoms with van der Waals surface area (Å²) in [5.74, 6) is 0. The number of hydrogen-bond donors (Lipinski definition) is 2. The van der Waals surface area contributed by atoms with Crippen LogP contribution in [0.4, 0.5) is 4.79 Å². The molecule has 1 amide bonds.